The van der Waals surface area contributed by atoms with Gasteiger partial charge in [-0.25, -0.2) is 0 Å². The van der Waals surface area contributed by atoms with E-state index in [1.54, 1.807) is 0 Å². The number of halogens is 2. The van der Waals surface area contributed by atoms with Crippen molar-refractivity contribution in [2.45, 2.75) is 0 Å². The second-order valence-electron chi connectivity index (χ2n) is 4.31. The van der Waals surface area contributed by atoms with Gasteiger partial charge in [-0.2, -0.15) is 35.0 Å². The summed E-state index contributed by atoms with van der Waals surface area (Å²) in [5.41, 5.74) is 0. The topological polar surface area (TPSA) is 0 Å². The van der Waals surface area contributed by atoms with Crippen LogP contribution in [0.3, 0.4) is 0 Å². The van der Waals surface area contributed by atoms with Gasteiger partial charge in [0.25, 0.3) is 0 Å². The van der Waals surface area contributed by atoms with Gasteiger partial charge in [0.15, 0.2) is 0 Å². The largest absolute Gasteiger partial charge is 4.00 e. The van der Waals surface area contributed by atoms with E-state index in [-0.39, 0.29) is 64.8 Å². The van der Waals surface area contributed by atoms with Gasteiger partial charge < -0.3 is 24.8 Å². The third kappa shape index (κ3) is 5.36. The minimum Gasteiger partial charge on any atom is -1.00 e. The van der Waals surface area contributed by atoms with Crippen molar-refractivity contribution in [1.82, 2.24) is 0 Å². The summed E-state index contributed by atoms with van der Waals surface area (Å²) < 4.78 is 0. The van der Waals surface area contributed by atoms with Crippen LogP contribution < -0.4 is 24.8 Å². The SMILES string of the molecule is [Cl-].[Cl-].[Th+4].c1ccc2[cH-]ccc2c1.c1ccc2[cH-]ccc2c1. The first kappa shape index (κ1) is 20.6. The zero-order valence-electron chi connectivity index (χ0n) is 11.3. The second-order valence-corrected chi connectivity index (χ2v) is 4.31. The van der Waals surface area contributed by atoms with Crippen LogP contribution in [-0.2, 0) is 0 Å². The van der Waals surface area contributed by atoms with Crippen LogP contribution in [0.15, 0.2) is 84.9 Å². The summed E-state index contributed by atoms with van der Waals surface area (Å²) in [6, 6.07) is 29.3. The fraction of sp³-hybridized carbons (Fsp3) is 0. The first-order valence-corrected chi connectivity index (χ1v) is 6.14. The van der Waals surface area contributed by atoms with Gasteiger partial charge in [-0.3, -0.25) is 0 Å². The van der Waals surface area contributed by atoms with E-state index in [9.17, 15) is 0 Å². The van der Waals surface area contributed by atoms with Gasteiger partial charge in [0, 0.05) is 0 Å². The summed E-state index contributed by atoms with van der Waals surface area (Å²) in [7, 11) is 0. The molecule has 0 atom stereocenters. The number of fused-ring (bicyclic) bond motifs is 2. The van der Waals surface area contributed by atoms with Crippen molar-refractivity contribution in [1.29, 1.82) is 0 Å². The second kappa shape index (κ2) is 10.3. The normalized spacial score (nSPS) is 8.76. The van der Waals surface area contributed by atoms with Gasteiger partial charge in [0.1, 0.15) is 0 Å². The molecule has 0 bridgehead atoms. The Morgan fingerprint density at radius 2 is 0.905 bits per heavy atom. The Kier molecular flexibility index (Phi) is 10.1. The molecule has 104 valence electrons. The maximum absolute atomic E-state index is 2.12. The minimum atomic E-state index is 0. The van der Waals surface area contributed by atoms with Crippen LogP contribution in [0.2, 0.25) is 0 Å². The summed E-state index contributed by atoms with van der Waals surface area (Å²) in [4.78, 5) is 0. The predicted molar refractivity (Wildman–Crippen MR) is 79.1 cm³/mol. The zero-order valence-corrected chi connectivity index (χ0v) is 17.0. The maximum Gasteiger partial charge on any atom is 4.00 e. The maximum atomic E-state index is 2.12. The van der Waals surface area contributed by atoms with Crippen LogP contribution in [0.25, 0.3) is 21.5 Å². The van der Waals surface area contributed by atoms with Crippen LogP contribution in [0.5, 0.6) is 0 Å². The number of benzene rings is 2. The molecule has 0 aliphatic carbocycles. The van der Waals surface area contributed by atoms with Gasteiger partial charge in [-0.05, 0) is 0 Å². The molecule has 0 aromatic heterocycles. The molecule has 4 rings (SSSR count). The van der Waals surface area contributed by atoms with E-state index in [2.05, 4.69) is 84.9 Å². The Labute approximate surface area is 169 Å². The summed E-state index contributed by atoms with van der Waals surface area (Å²) in [6.07, 6.45) is 0. The smallest absolute Gasteiger partial charge is 1.00 e. The Hall–Kier alpha value is -0.435. The monoisotopic (exact) mass is 532 g/mol. The van der Waals surface area contributed by atoms with Gasteiger partial charge in [0.2, 0.25) is 0 Å². The molecule has 0 aliphatic heterocycles. The van der Waals surface area contributed by atoms with E-state index in [1.807, 2.05) is 0 Å². The van der Waals surface area contributed by atoms with Crippen molar-refractivity contribution in [2.75, 3.05) is 0 Å². The Bertz CT molecular complexity index is 629. The van der Waals surface area contributed by atoms with Crippen molar-refractivity contribution >= 4 is 21.5 Å². The number of hydrogen-bond donors (Lipinski definition) is 0. The average Bonchev–Trinajstić information content (AvgIpc) is 3.08. The van der Waals surface area contributed by atoms with E-state index in [0.29, 0.717) is 0 Å². The van der Waals surface area contributed by atoms with Crippen molar-refractivity contribution in [3.63, 3.8) is 0 Å². The van der Waals surface area contributed by atoms with Crippen LogP contribution in [-0.4, -0.2) is 0 Å². The summed E-state index contributed by atoms with van der Waals surface area (Å²) in [5.74, 6) is 0. The number of hydrogen-bond acceptors (Lipinski definition) is 0. The molecule has 0 saturated carbocycles. The summed E-state index contributed by atoms with van der Waals surface area (Å²) >= 11 is 0. The summed E-state index contributed by atoms with van der Waals surface area (Å²) in [6.45, 7) is 0. The van der Waals surface area contributed by atoms with Crippen molar-refractivity contribution < 1.29 is 64.8 Å². The molecule has 0 amide bonds. The quantitative estimate of drug-likeness (QED) is 0.258. The van der Waals surface area contributed by atoms with Gasteiger partial charge >= 0.3 is 39.9 Å². The molecule has 0 heterocycles. The first-order valence-electron chi connectivity index (χ1n) is 6.14. The van der Waals surface area contributed by atoms with Crippen molar-refractivity contribution in [2.24, 2.45) is 0 Å². The van der Waals surface area contributed by atoms with Crippen LogP contribution >= 0.6 is 0 Å². The summed E-state index contributed by atoms with van der Waals surface area (Å²) in [5, 5.41) is 5.32. The van der Waals surface area contributed by atoms with Crippen LogP contribution in [0.4, 0.5) is 0 Å². The fourth-order valence-corrected chi connectivity index (χ4v) is 2.14. The molecule has 4 aromatic carbocycles. The Morgan fingerprint density at radius 3 is 1.29 bits per heavy atom. The average molecular weight is 533 g/mol. The van der Waals surface area contributed by atoms with E-state index < -0.39 is 0 Å². The Balaban J connectivity index is 0.000000333. The Morgan fingerprint density at radius 1 is 0.524 bits per heavy atom. The van der Waals surface area contributed by atoms with Gasteiger partial charge in [0.05, 0.1) is 0 Å². The van der Waals surface area contributed by atoms with Crippen LogP contribution in [0.1, 0.15) is 0 Å². The molecule has 3 heteroatoms. The zero-order chi connectivity index (χ0) is 12.2. The molecule has 0 N–H and O–H groups in total. The van der Waals surface area contributed by atoms with Crippen molar-refractivity contribution in [3.8, 4) is 0 Å². The van der Waals surface area contributed by atoms with Gasteiger partial charge in [-0.1, -0.05) is 12.1 Å². The van der Waals surface area contributed by atoms with E-state index >= 15 is 0 Å². The molecule has 0 spiro atoms. The predicted octanol–water partition coefficient (Wildman–Crippen LogP) is -0.875. The number of rotatable bonds is 0. The fourth-order valence-electron chi connectivity index (χ4n) is 2.14. The molecule has 0 saturated heterocycles. The van der Waals surface area contributed by atoms with E-state index in [4.69, 9.17) is 0 Å². The standard InChI is InChI=1S/2C9H7.2ClH.Th/c2*1-2-5-9-7-3-6-8(9)4-1;;;/h2*1-7H;2*1H;/q2*-1;;;+4/p-2. The third-order valence-corrected chi connectivity index (χ3v) is 3.10. The minimum absolute atomic E-state index is 0. The third-order valence-electron chi connectivity index (χ3n) is 3.10. The molecule has 0 nitrogen and oxygen atoms in total. The molecule has 0 fully saturated rings. The van der Waals surface area contributed by atoms with E-state index in [1.165, 1.54) is 21.5 Å². The molecular formula is C18H14Cl2Th. The van der Waals surface area contributed by atoms with Crippen LogP contribution in [0, 0.1) is 39.9 Å². The molecule has 0 unspecified atom stereocenters. The molecule has 0 aliphatic rings. The molecule has 21 heavy (non-hydrogen) atoms. The van der Waals surface area contributed by atoms with Gasteiger partial charge in [-0.15, -0.1) is 59.3 Å². The van der Waals surface area contributed by atoms with E-state index in [0.717, 1.165) is 0 Å². The molecule has 0 radical (unpaired) electrons. The van der Waals surface area contributed by atoms with Crippen molar-refractivity contribution in [3.05, 3.63) is 84.9 Å². The molecular weight excluding hydrogens is 519 g/mol. The molecule has 4 aromatic rings. The first-order chi connectivity index (χ1) is 8.93.